The fourth-order valence-corrected chi connectivity index (χ4v) is 1.99. The van der Waals surface area contributed by atoms with Gasteiger partial charge in [-0.05, 0) is 35.9 Å². The monoisotopic (exact) mass is 290 g/mol. The third kappa shape index (κ3) is 3.49. The van der Waals surface area contributed by atoms with Crippen molar-refractivity contribution < 1.29 is 0 Å². The van der Waals surface area contributed by atoms with E-state index in [4.69, 9.17) is 0 Å². The summed E-state index contributed by atoms with van der Waals surface area (Å²) in [5, 5.41) is 6.50. The van der Waals surface area contributed by atoms with E-state index in [1.165, 1.54) is 5.56 Å². The minimum Gasteiger partial charge on any atom is -0.388 e. The van der Waals surface area contributed by atoms with Crippen molar-refractivity contribution in [3.05, 3.63) is 58.6 Å². The maximum atomic E-state index is 3.46. The SMILES string of the molecule is CNc1ccc(CNc2cccc(Br)c2)cc1. The number of hydrogen-bond acceptors (Lipinski definition) is 2. The van der Waals surface area contributed by atoms with Gasteiger partial charge in [-0.15, -0.1) is 0 Å². The molecule has 0 aromatic heterocycles. The van der Waals surface area contributed by atoms with Crippen LogP contribution in [0.25, 0.3) is 0 Å². The molecular formula is C14H15BrN2. The quantitative estimate of drug-likeness (QED) is 0.886. The molecule has 0 bridgehead atoms. The highest BCUT2D eigenvalue weighted by molar-refractivity contribution is 9.10. The molecule has 2 aromatic carbocycles. The Hall–Kier alpha value is -1.48. The predicted molar refractivity (Wildman–Crippen MR) is 77.5 cm³/mol. The van der Waals surface area contributed by atoms with Crippen molar-refractivity contribution in [1.82, 2.24) is 0 Å². The third-order valence-electron chi connectivity index (χ3n) is 2.56. The molecule has 0 atom stereocenters. The molecule has 0 amide bonds. The normalized spacial score (nSPS) is 10.0. The van der Waals surface area contributed by atoms with E-state index < -0.39 is 0 Å². The number of rotatable bonds is 4. The van der Waals surface area contributed by atoms with Crippen LogP contribution in [0, 0.1) is 0 Å². The zero-order valence-corrected chi connectivity index (χ0v) is 11.3. The first-order valence-corrected chi connectivity index (χ1v) is 6.33. The number of nitrogens with one attached hydrogen (secondary N) is 2. The van der Waals surface area contributed by atoms with Gasteiger partial charge in [-0.3, -0.25) is 0 Å². The molecule has 3 heteroatoms. The number of benzene rings is 2. The summed E-state index contributed by atoms with van der Waals surface area (Å²) in [6.45, 7) is 0.834. The lowest BCUT2D eigenvalue weighted by atomic mass is 10.2. The predicted octanol–water partition coefficient (Wildman–Crippen LogP) is 4.10. The smallest absolute Gasteiger partial charge is 0.0400 e. The Morgan fingerprint density at radius 3 is 2.41 bits per heavy atom. The van der Waals surface area contributed by atoms with Crippen molar-refractivity contribution in [3.8, 4) is 0 Å². The van der Waals surface area contributed by atoms with Gasteiger partial charge in [0, 0.05) is 29.4 Å². The first kappa shape index (κ1) is 12.0. The molecule has 0 unspecified atom stereocenters. The average molecular weight is 291 g/mol. The van der Waals surface area contributed by atoms with Gasteiger partial charge in [-0.2, -0.15) is 0 Å². The average Bonchev–Trinajstić information content (AvgIpc) is 2.37. The highest BCUT2D eigenvalue weighted by Gasteiger charge is 1.95. The topological polar surface area (TPSA) is 24.1 Å². The zero-order chi connectivity index (χ0) is 12.1. The van der Waals surface area contributed by atoms with Crippen molar-refractivity contribution in [2.24, 2.45) is 0 Å². The van der Waals surface area contributed by atoms with Crippen molar-refractivity contribution >= 4 is 27.3 Å². The molecule has 0 aliphatic rings. The fraction of sp³-hybridized carbons (Fsp3) is 0.143. The Bertz CT molecular complexity index is 480. The minimum atomic E-state index is 0.834. The van der Waals surface area contributed by atoms with E-state index in [1.807, 2.05) is 19.2 Å². The van der Waals surface area contributed by atoms with Crippen molar-refractivity contribution in [3.63, 3.8) is 0 Å². The van der Waals surface area contributed by atoms with Gasteiger partial charge >= 0.3 is 0 Å². The van der Waals surface area contributed by atoms with Crippen LogP contribution < -0.4 is 10.6 Å². The van der Waals surface area contributed by atoms with Gasteiger partial charge in [-0.1, -0.05) is 34.1 Å². The highest BCUT2D eigenvalue weighted by atomic mass is 79.9. The minimum absolute atomic E-state index is 0.834. The van der Waals surface area contributed by atoms with Crippen LogP contribution in [-0.4, -0.2) is 7.05 Å². The van der Waals surface area contributed by atoms with Crippen LogP contribution in [0.3, 0.4) is 0 Å². The Kier molecular flexibility index (Phi) is 4.04. The molecule has 2 N–H and O–H groups in total. The molecule has 0 aliphatic heterocycles. The Balaban J connectivity index is 1.97. The molecule has 2 nitrogen and oxygen atoms in total. The van der Waals surface area contributed by atoms with Crippen LogP contribution in [0.4, 0.5) is 11.4 Å². The second-order valence-corrected chi connectivity index (χ2v) is 4.73. The van der Waals surface area contributed by atoms with Gasteiger partial charge in [0.1, 0.15) is 0 Å². The molecule has 88 valence electrons. The van der Waals surface area contributed by atoms with Gasteiger partial charge in [0.2, 0.25) is 0 Å². The largest absolute Gasteiger partial charge is 0.388 e. The number of hydrogen-bond donors (Lipinski definition) is 2. The lowest BCUT2D eigenvalue weighted by Crippen LogP contribution is -1.99. The zero-order valence-electron chi connectivity index (χ0n) is 9.70. The molecule has 0 saturated carbocycles. The molecule has 0 radical (unpaired) electrons. The fourth-order valence-electron chi connectivity index (χ4n) is 1.59. The summed E-state index contributed by atoms with van der Waals surface area (Å²) in [7, 11) is 1.93. The van der Waals surface area contributed by atoms with Crippen LogP contribution in [0.2, 0.25) is 0 Å². The maximum Gasteiger partial charge on any atom is 0.0400 e. The molecule has 0 fully saturated rings. The standard InChI is InChI=1S/C14H15BrN2/c1-16-13-7-5-11(6-8-13)10-17-14-4-2-3-12(15)9-14/h2-9,16-17H,10H2,1H3. The molecule has 17 heavy (non-hydrogen) atoms. The molecule has 0 heterocycles. The van der Waals surface area contributed by atoms with Crippen LogP contribution in [0.1, 0.15) is 5.56 Å². The summed E-state index contributed by atoms with van der Waals surface area (Å²) >= 11 is 3.46. The Morgan fingerprint density at radius 2 is 1.76 bits per heavy atom. The molecule has 0 spiro atoms. The van der Waals surface area contributed by atoms with E-state index in [0.29, 0.717) is 0 Å². The Labute approximate surface area is 110 Å². The molecule has 2 aromatic rings. The molecule has 0 saturated heterocycles. The third-order valence-corrected chi connectivity index (χ3v) is 3.06. The van der Waals surface area contributed by atoms with Crippen LogP contribution >= 0.6 is 15.9 Å². The summed E-state index contributed by atoms with van der Waals surface area (Å²) in [4.78, 5) is 0. The lowest BCUT2D eigenvalue weighted by molar-refractivity contribution is 1.15. The second kappa shape index (κ2) is 5.73. The summed E-state index contributed by atoms with van der Waals surface area (Å²) in [6, 6.07) is 16.6. The number of halogens is 1. The highest BCUT2D eigenvalue weighted by Crippen LogP contribution is 2.17. The van der Waals surface area contributed by atoms with Gasteiger partial charge in [0.25, 0.3) is 0 Å². The van der Waals surface area contributed by atoms with E-state index in [0.717, 1.165) is 22.4 Å². The lowest BCUT2D eigenvalue weighted by Gasteiger charge is -2.07. The van der Waals surface area contributed by atoms with E-state index in [9.17, 15) is 0 Å². The van der Waals surface area contributed by atoms with E-state index >= 15 is 0 Å². The van der Waals surface area contributed by atoms with Crippen LogP contribution in [-0.2, 0) is 6.54 Å². The van der Waals surface area contributed by atoms with Gasteiger partial charge in [0.15, 0.2) is 0 Å². The van der Waals surface area contributed by atoms with Crippen molar-refractivity contribution in [1.29, 1.82) is 0 Å². The van der Waals surface area contributed by atoms with Gasteiger partial charge in [0.05, 0.1) is 0 Å². The van der Waals surface area contributed by atoms with Crippen LogP contribution in [0.5, 0.6) is 0 Å². The number of anilines is 2. The summed E-state index contributed by atoms with van der Waals surface area (Å²) in [5.41, 5.74) is 3.53. The molecule has 0 aliphatic carbocycles. The first-order valence-electron chi connectivity index (χ1n) is 5.54. The second-order valence-electron chi connectivity index (χ2n) is 3.81. The van der Waals surface area contributed by atoms with Crippen molar-refractivity contribution in [2.75, 3.05) is 17.7 Å². The van der Waals surface area contributed by atoms with E-state index in [1.54, 1.807) is 0 Å². The Morgan fingerprint density at radius 1 is 1.00 bits per heavy atom. The molecular weight excluding hydrogens is 276 g/mol. The summed E-state index contributed by atoms with van der Waals surface area (Å²) in [5.74, 6) is 0. The summed E-state index contributed by atoms with van der Waals surface area (Å²) in [6.07, 6.45) is 0. The first-order chi connectivity index (χ1) is 8.28. The van der Waals surface area contributed by atoms with E-state index in [2.05, 4.69) is 63.0 Å². The molecule has 2 rings (SSSR count). The summed E-state index contributed by atoms with van der Waals surface area (Å²) < 4.78 is 1.09. The van der Waals surface area contributed by atoms with Gasteiger partial charge in [-0.25, -0.2) is 0 Å². The van der Waals surface area contributed by atoms with Gasteiger partial charge < -0.3 is 10.6 Å². The maximum absolute atomic E-state index is 3.46. The van der Waals surface area contributed by atoms with Crippen LogP contribution in [0.15, 0.2) is 53.0 Å². The van der Waals surface area contributed by atoms with Crippen molar-refractivity contribution in [2.45, 2.75) is 6.54 Å². The van der Waals surface area contributed by atoms with E-state index in [-0.39, 0.29) is 0 Å².